The zero-order valence-electron chi connectivity index (χ0n) is 8.71. The van der Waals surface area contributed by atoms with Gasteiger partial charge < -0.3 is 0 Å². The van der Waals surface area contributed by atoms with E-state index < -0.39 is 10.0 Å². The fourth-order valence-corrected chi connectivity index (χ4v) is 3.47. The van der Waals surface area contributed by atoms with E-state index in [1.807, 2.05) is 0 Å². The van der Waals surface area contributed by atoms with Gasteiger partial charge in [-0.1, -0.05) is 11.6 Å². The molecule has 0 fully saturated rings. The molecule has 0 aliphatic carbocycles. The number of hydrogen-bond donors (Lipinski definition) is 1. The van der Waals surface area contributed by atoms with Crippen molar-refractivity contribution in [3.05, 3.63) is 34.6 Å². The Morgan fingerprint density at radius 2 is 2.18 bits per heavy atom. The van der Waals surface area contributed by atoms with Crippen LogP contribution in [0.15, 0.2) is 28.7 Å². The molecule has 0 radical (unpaired) electrons. The monoisotopic (exact) mass is 289 g/mol. The van der Waals surface area contributed by atoms with Gasteiger partial charge in [0.2, 0.25) is 0 Å². The average molecular weight is 290 g/mol. The lowest BCUT2D eigenvalue weighted by molar-refractivity contribution is 0.603. The third kappa shape index (κ3) is 2.74. The molecule has 0 saturated heterocycles. The van der Waals surface area contributed by atoms with Gasteiger partial charge in [-0.05, 0) is 19.1 Å². The normalized spacial score (nSPS) is 11.4. The fourth-order valence-electron chi connectivity index (χ4n) is 1.10. The zero-order valence-corrected chi connectivity index (χ0v) is 11.1. The summed E-state index contributed by atoms with van der Waals surface area (Å²) in [7, 11) is -3.66. The Morgan fingerprint density at radius 3 is 2.76 bits per heavy atom. The molecule has 2 rings (SSSR count). The van der Waals surface area contributed by atoms with E-state index >= 15 is 0 Å². The molecule has 0 bridgehead atoms. The number of aryl methyl sites for hydroxylation is 1. The van der Waals surface area contributed by atoms with Crippen molar-refractivity contribution in [3.8, 4) is 0 Å². The second kappa shape index (κ2) is 4.59. The molecule has 90 valence electrons. The summed E-state index contributed by atoms with van der Waals surface area (Å²) in [6.45, 7) is 1.73. The van der Waals surface area contributed by atoms with Crippen LogP contribution < -0.4 is 4.72 Å². The maximum absolute atomic E-state index is 11.9. The lowest BCUT2D eigenvalue weighted by Gasteiger charge is -2.05. The highest BCUT2D eigenvalue weighted by molar-refractivity contribution is 7.94. The standard InChI is InChI=1S/C9H8ClN3O2S2/c1-6-12-5-8(16-6)17(14,15)13-9-7(10)3-2-4-11-9/h2-5H,1H3,(H,11,13). The Kier molecular flexibility index (Phi) is 3.32. The minimum Gasteiger partial charge on any atom is -0.261 e. The predicted molar refractivity (Wildman–Crippen MR) is 66.9 cm³/mol. The number of sulfonamides is 1. The van der Waals surface area contributed by atoms with Gasteiger partial charge in [-0.15, -0.1) is 11.3 Å². The lowest BCUT2D eigenvalue weighted by Crippen LogP contribution is -2.12. The van der Waals surface area contributed by atoms with Crippen molar-refractivity contribution >= 4 is 38.8 Å². The number of hydrogen-bond acceptors (Lipinski definition) is 5. The van der Waals surface area contributed by atoms with Crippen LogP contribution in [0.5, 0.6) is 0 Å². The predicted octanol–water partition coefficient (Wildman–Crippen LogP) is 2.30. The minimum absolute atomic E-state index is 0.111. The molecular formula is C9H8ClN3O2S2. The number of nitrogens with zero attached hydrogens (tertiary/aromatic N) is 2. The first-order valence-electron chi connectivity index (χ1n) is 4.55. The Labute approximate surface area is 108 Å². The van der Waals surface area contributed by atoms with E-state index in [-0.39, 0.29) is 15.0 Å². The van der Waals surface area contributed by atoms with Crippen LogP contribution in [0.1, 0.15) is 5.01 Å². The summed E-state index contributed by atoms with van der Waals surface area (Å²) in [6.07, 6.45) is 2.76. The topological polar surface area (TPSA) is 72.0 Å². The van der Waals surface area contributed by atoms with Gasteiger partial charge in [0.25, 0.3) is 10.0 Å². The van der Waals surface area contributed by atoms with Crippen LogP contribution in [0.3, 0.4) is 0 Å². The van der Waals surface area contributed by atoms with Gasteiger partial charge in [-0.25, -0.2) is 18.4 Å². The van der Waals surface area contributed by atoms with Crippen molar-refractivity contribution in [2.24, 2.45) is 0 Å². The Balaban J connectivity index is 2.33. The summed E-state index contributed by atoms with van der Waals surface area (Å²) in [6, 6.07) is 3.18. The third-order valence-corrected chi connectivity index (χ3v) is 4.87. The number of nitrogens with one attached hydrogen (secondary N) is 1. The van der Waals surface area contributed by atoms with Crippen molar-refractivity contribution < 1.29 is 8.42 Å². The van der Waals surface area contributed by atoms with Gasteiger partial charge in [-0.2, -0.15) is 0 Å². The summed E-state index contributed by atoms with van der Waals surface area (Å²) >= 11 is 6.91. The molecule has 2 heterocycles. The van der Waals surface area contributed by atoms with Crippen LogP contribution in [0.25, 0.3) is 0 Å². The van der Waals surface area contributed by atoms with Gasteiger partial charge in [0.15, 0.2) is 10.0 Å². The van der Waals surface area contributed by atoms with E-state index in [0.717, 1.165) is 11.3 Å². The molecule has 0 spiro atoms. The molecule has 8 heteroatoms. The second-order valence-corrected chi connectivity index (χ2v) is 6.69. The van der Waals surface area contributed by atoms with Crippen LogP contribution in [-0.4, -0.2) is 18.4 Å². The van der Waals surface area contributed by atoms with Crippen LogP contribution >= 0.6 is 22.9 Å². The molecular weight excluding hydrogens is 282 g/mol. The van der Waals surface area contributed by atoms with E-state index in [2.05, 4.69) is 14.7 Å². The molecule has 2 aromatic rings. The van der Waals surface area contributed by atoms with Gasteiger partial charge in [0.1, 0.15) is 0 Å². The Hall–Kier alpha value is -1.18. The highest BCUT2D eigenvalue weighted by Gasteiger charge is 2.18. The maximum Gasteiger partial charge on any atom is 0.274 e. The maximum atomic E-state index is 11.9. The Bertz CT molecular complexity index is 639. The summed E-state index contributed by atoms with van der Waals surface area (Å²) in [4.78, 5) is 7.75. The molecule has 0 aliphatic rings. The molecule has 0 saturated carbocycles. The number of rotatable bonds is 3. The molecule has 0 unspecified atom stereocenters. The first-order valence-corrected chi connectivity index (χ1v) is 7.22. The number of anilines is 1. The molecule has 5 nitrogen and oxygen atoms in total. The molecule has 17 heavy (non-hydrogen) atoms. The number of aromatic nitrogens is 2. The number of pyridine rings is 1. The summed E-state index contributed by atoms with van der Waals surface area (Å²) in [5, 5.41) is 0.926. The van der Waals surface area contributed by atoms with Crippen LogP contribution in [0, 0.1) is 6.92 Å². The van der Waals surface area contributed by atoms with E-state index in [4.69, 9.17) is 11.6 Å². The van der Waals surface area contributed by atoms with Gasteiger partial charge in [0, 0.05) is 6.20 Å². The van der Waals surface area contributed by atoms with Crippen molar-refractivity contribution in [1.29, 1.82) is 0 Å². The van der Waals surface area contributed by atoms with E-state index in [1.165, 1.54) is 12.4 Å². The SMILES string of the molecule is Cc1ncc(S(=O)(=O)Nc2ncccc2Cl)s1. The number of halogens is 1. The fraction of sp³-hybridized carbons (Fsp3) is 0.111. The lowest BCUT2D eigenvalue weighted by atomic mass is 10.5. The third-order valence-electron chi connectivity index (χ3n) is 1.85. The van der Waals surface area contributed by atoms with Crippen LogP contribution in [-0.2, 0) is 10.0 Å². The molecule has 0 atom stereocenters. The smallest absolute Gasteiger partial charge is 0.261 e. The largest absolute Gasteiger partial charge is 0.274 e. The van der Waals surface area contributed by atoms with Crippen molar-refractivity contribution in [2.75, 3.05) is 4.72 Å². The molecule has 0 aliphatic heterocycles. The zero-order chi connectivity index (χ0) is 12.5. The molecule has 0 aromatic carbocycles. The summed E-state index contributed by atoms with van der Waals surface area (Å²) in [5.74, 6) is 0.111. The minimum atomic E-state index is -3.66. The highest BCUT2D eigenvalue weighted by Crippen LogP contribution is 2.24. The van der Waals surface area contributed by atoms with E-state index in [0.29, 0.717) is 5.01 Å². The van der Waals surface area contributed by atoms with E-state index in [9.17, 15) is 8.42 Å². The number of thiazole rings is 1. The Morgan fingerprint density at radius 1 is 1.41 bits per heavy atom. The van der Waals surface area contributed by atoms with Gasteiger partial charge >= 0.3 is 0 Å². The quantitative estimate of drug-likeness (QED) is 0.941. The van der Waals surface area contributed by atoms with Crippen LogP contribution in [0.4, 0.5) is 5.82 Å². The highest BCUT2D eigenvalue weighted by atomic mass is 35.5. The van der Waals surface area contributed by atoms with Crippen molar-refractivity contribution in [3.63, 3.8) is 0 Å². The molecule has 1 N–H and O–H groups in total. The first kappa shape index (κ1) is 12.3. The first-order chi connectivity index (χ1) is 7.99. The summed E-state index contributed by atoms with van der Waals surface area (Å²) < 4.78 is 26.3. The average Bonchev–Trinajstić information content (AvgIpc) is 2.69. The molecule has 2 aromatic heterocycles. The van der Waals surface area contributed by atoms with E-state index in [1.54, 1.807) is 19.1 Å². The van der Waals surface area contributed by atoms with Gasteiger partial charge in [0.05, 0.1) is 16.2 Å². The van der Waals surface area contributed by atoms with Crippen LogP contribution in [0.2, 0.25) is 5.02 Å². The summed E-state index contributed by atoms with van der Waals surface area (Å²) in [5.41, 5.74) is 0. The molecule has 0 amide bonds. The second-order valence-electron chi connectivity index (χ2n) is 3.14. The van der Waals surface area contributed by atoms with Gasteiger partial charge in [-0.3, -0.25) is 4.72 Å². The van der Waals surface area contributed by atoms with Crippen molar-refractivity contribution in [2.45, 2.75) is 11.1 Å². The van der Waals surface area contributed by atoms with Crippen molar-refractivity contribution in [1.82, 2.24) is 9.97 Å².